The number of hydrogen-bond donors (Lipinski definition) is 1. The lowest BCUT2D eigenvalue weighted by Crippen LogP contribution is -2.14. The third kappa shape index (κ3) is 4.15. The van der Waals surface area contributed by atoms with Crippen molar-refractivity contribution in [2.75, 3.05) is 4.72 Å². The van der Waals surface area contributed by atoms with Crippen LogP contribution in [0.1, 0.15) is 22.8 Å². The van der Waals surface area contributed by atoms with E-state index in [4.69, 9.17) is 0 Å². The third-order valence-electron chi connectivity index (χ3n) is 3.10. The van der Waals surface area contributed by atoms with Gasteiger partial charge in [0.25, 0.3) is 10.0 Å². The van der Waals surface area contributed by atoms with Crippen molar-refractivity contribution in [2.45, 2.75) is 18.0 Å². The predicted octanol–water partition coefficient (Wildman–Crippen LogP) is 4.47. The fourth-order valence-electron chi connectivity index (χ4n) is 1.89. The number of nitrogens with one attached hydrogen (secondary N) is 1. The molecule has 2 rings (SSSR count). The van der Waals surface area contributed by atoms with Crippen LogP contribution in [0.5, 0.6) is 0 Å². The first-order valence-corrected chi connectivity index (χ1v) is 8.79. The summed E-state index contributed by atoms with van der Waals surface area (Å²) in [6.45, 7) is 1.34. The molecule has 0 heterocycles. The molecule has 0 saturated heterocycles. The van der Waals surface area contributed by atoms with Crippen molar-refractivity contribution in [2.24, 2.45) is 0 Å². The molecule has 2 aromatic carbocycles. The highest BCUT2D eigenvalue weighted by molar-refractivity contribution is 9.10. The fraction of sp³-hybridized carbons (Fsp3) is 0.133. The molecule has 128 valence electrons. The van der Waals surface area contributed by atoms with E-state index in [1.54, 1.807) is 0 Å². The SMILES string of the molecule is CC(=O)c1ccc(S(=O)(=O)Nc2ccc(Br)c(C(F)(F)F)c2)cc1. The summed E-state index contributed by atoms with van der Waals surface area (Å²) in [7, 11) is -4.07. The number of benzene rings is 2. The minimum Gasteiger partial charge on any atom is -0.295 e. The number of Topliss-reactive ketones (excluding diaryl/α,β-unsaturated/α-hetero) is 1. The topological polar surface area (TPSA) is 63.2 Å². The molecule has 9 heteroatoms. The van der Waals surface area contributed by atoms with Gasteiger partial charge in [-0.05, 0) is 37.3 Å². The van der Waals surface area contributed by atoms with Gasteiger partial charge in [0, 0.05) is 15.7 Å². The zero-order valence-electron chi connectivity index (χ0n) is 12.2. The van der Waals surface area contributed by atoms with Gasteiger partial charge in [-0.1, -0.05) is 28.1 Å². The van der Waals surface area contributed by atoms with Gasteiger partial charge in [-0.25, -0.2) is 8.42 Å². The largest absolute Gasteiger partial charge is 0.417 e. The van der Waals surface area contributed by atoms with E-state index in [0.717, 1.165) is 6.07 Å². The first-order valence-electron chi connectivity index (χ1n) is 6.51. The van der Waals surface area contributed by atoms with Gasteiger partial charge in [-0.2, -0.15) is 13.2 Å². The van der Waals surface area contributed by atoms with E-state index >= 15 is 0 Å². The van der Waals surface area contributed by atoms with Gasteiger partial charge in [-0.3, -0.25) is 9.52 Å². The number of carbonyl (C=O) groups excluding carboxylic acids is 1. The second-order valence-electron chi connectivity index (χ2n) is 4.88. The van der Waals surface area contributed by atoms with Gasteiger partial charge in [0.15, 0.2) is 5.78 Å². The molecule has 0 bridgehead atoms. The van der Waals surface area contributed by atoms with Gasteiger partial charge < -0.3 is 0 Å². The van der Waals surface area contributed by atoms with Crippen LogP contribution in [0.25, 0.3) is 0 Å². The Hall–Kier alpha value is -1.87. The molecule has 0 aliphatic rings. The molecule has 4 nitrogen and oxygen atoms in total. The quantitative estimate of drug-likeness (QED) is 0.740. The fourth-order valence-corrected chi connectivity index (χ4v) is 3.41. The predicted molar refractivity (Wildman–Crippen MR) is 86.4 cm³/mol. The number of sulfonamides is 1. The maximum absolute atomic E-state index is 12.9. The molecule has 0 atom stereocenters. The van der Waals surface area contributed by atoms with Crippen molar-refractivity contribution < 1.29 is 26.4 Å². The Bertz CT molecular complexity index is 878. The van der Waals surface area contributed by atoms with Crippen molar-refractivity contribution in [3.05, 3.63) is 58.1 Å². The lowest BCUT2D eigenvalue weighted by Gasteiger charge is -2.13. The van der Waals surface area contributed by atoms with Crippen molar-refractivity contribution in [3.8, 4) is 0 Å². The van der Waals surface area contributed by atoms with Gasteiger partial charge in [0.05, 0.1) is 10.5 Å². The highest BCUT2D eigenvalue weighted by Crippen LogP contribution is 2.36. The maximum Gasteiger partial charge on any atom is 0.417 e. The smallest absolute Gasteiger partial charge is 0.295 e. The van der Waals surface area contributed by atoms with Gasteiger partial charge in [0.1, 0.15) is 0 Å². The summed E-state index contributed by atoms with van der Waals surface area (Å²) >= 11 is 2.78. The van der Waals surface area contributed by atoms with E-state index in [2.05, 4.69) is 20.7 Å². The first-order chi connectivity index (χ1) is 11.0. The molecule has 0 unspecified atom stereocenters. The van der Waals surface area contributed by atoms with E-state index in [-0.39, 0.29) is 20.8 Å². The van der Waals surface area contributed by atoms with Crippen molar-refractivity contribution in [1.82, 2.24) is 0 Å². The van der Waals surface area contributed by atoms with E-state index in [1.807, 2.05) is 0 Å². The van der Waals surface area contributed by atoms with Crippen LogP contribution in [-0.4, -0.2) is 14.2 Å². The number of carbonyl (C=O) groups is 1. The van der Waals surface area contributed by atoms with Crippen LogP contribution >= 0.6 is 15.9 Å². The second kappa shape index (κ2) is 6.56. The van der Waals surface area contributed by atoms with E-state index in [9.17, 15) is 26.4 Å². The van der Waals surface area contributed by atoms with Crippen LogP contribution in [-0.2, 0) is 16.2 Å². The Morgan fingerprint density at radius 3 is 2.17 bits per heavy atom. The Labute approximate surface area is 144 Å². The van der Waals surface area contributed by atoms with E-state index in [1.165, 1.54) is 37.3 Å². The molecular weight excluding hydrogens is 411 g/mol. The van der Waals surface area contributed by atoms with E-state index < -0.39 is 21.8 Å². The van der Waals surface area contributed by atoms with Crippen LogP contribution < -0.4 is 4.72 Å². The van der Waals surface area contributed by atoms with Crippen molar-refractivity contribution in [3.63, 3.8) is 0 Å². The van der Waals surface area contributed by atoms with Gasteiger partial charge in [0.2, 0.25) is 0 Å². The van der Waals surface area contributed by atoms with E-state index in [0.29, 0.717) is 11.6 Å². The number of ketones is 1. The van der Waals surface area contributed by atoms with Crippen LogP contribution in [0.3, 0.4) is 0 Å². The lowest BCUT2D eigenvalue weighted by atomic mass is 10.2. The lowest BCUT2D eigenvalue weighted by molar-refractivity contribution is -0.138. The maximum atomic E-state index is 12.9. The summed E-state index contributed by atoms with van der Waals surface area (Å²) in [4.78, 5) is 11.0. The monoisotopic (exact) mass is 421 g/mol. The normalized spacial score (nSPS) is 12.0. The van der Waals surface area contributed by atoms with Crippen molar-refractivity contribution in [1.29, 1.82) is 0 Å². The number of alkyl halides is 3. The molecular formula is C15H11BrF3NO3S. The van der Waals surface area contributed by atoms with Crippen LogP contribution in [0.15, 0.2) is 51.8 Å². The summed E-state index contributed by atoms with van der Waals surface area (Å²) in [6, 6.07) is 8.11. The molecule has 0 fully saturated rings. The Kier molecular flexibility index (Phi) is 5.05. The average Bonchev–Trinajstić information content (AvgIpc) is 2.48. The molecule has 0 amide bonds. The van der Waals surface area contributed by atoms with Crippen LogP contribution in [0.2, 0.25) is 0 Å². The van der Waals surface area contributed by atoms with Crippen LogP contribution in [0.4, 0.5) is 18.9 Å². The molecule has 24 heavy (non-hydrogen) atoms. The van der Waals surface area contributed by atoms with Gasteiger partial charge in [-0.15, -0.1) is 0 Å². The average molecular weight is 422 g/mol. The zero-order valence-corrected chi connectivity index (χ0v) is 14.6. The van der Waals surface area contributed by atoms with Gasteiger partial charge >= 0.3 is 6.18 Å². The molecule has 2 aromatic rings. The highest BCUT2D eigenvalue weighted by Gasteiger charge is 2.33. The molecule has 0 aliphatic heterocycles. The number of anilines is 1. The van der Waals surface area contributed by atoms with Crippen molar-refractivity contribution >= 4 is 37.4 Å². The highest BCUT2D eigenvalue weighted by atomic mass is 79.9. The van der Waals surface area contributed by atoms with Crippen LogP contribution in [0, 0.1) is 0 Å². The molecule has 0 spiro atoms. The first kappa shape index (κ1) is 18.5. The standard InChI is InChI=1S/C15H11BrF3NO3S/c1-9(21)10-2-5-12(6-3-10)24(22,23)20-11-4-7-14(16)13(8-11)15(17,18)19/h2-8,20H,1H3. The summed E-state index contributed by atoms with van der Waals surface area (Å²) in [5, 5.41) is 0. The summed E-state index contributed by atoms with van der Waals surface area (Å²) in [6.07, 6.45) is -4.62. The number of hydrogen-bond acceptors (Lipinski definition) is 3. The summed E-state index contributed by atoms with van der Waals surface area (Å²) in [5.41, 5.74) is -0.882. The molecule has 0 aromatic heterocycles. The molecule has 0 aliphatic carbocycles. The Morgan fingerprint density at radius 2 is 1.67 bits per heavy atom. The Morgan fingerprint density at radius 1 is 1.08 bits per heavy atom. The molecule has 0 saturated carbocycles. The molecule has 0 radical (unpaired) electrons. The summed E-state index contributed by atoms with van der Waals surface area (Å²) < 4.78 is 65.0. The molecule has 1 N–H and O–H groups in total. The summed E-state index contributed by atoms with van der Waals surface area (Å²) in [5.74, 6) is -0.227. The Balaban J connectivity index is 2.34. The minimum absolute atomic E-state index is 0.163. The third-order valence-corrected chi connectivity index (χ3v) is 5.18. The zero-order chi connectivity index (χ0) is 18.1. The number of halogens is 4. The minimum atomic E-state index is -4.62. The number of rotatable bonds is 4. The second-order valence-corrected chi connectivity index (χ2v) is 7.42.